The molecule has 2 atom stereocenters. The van der Waals surface area contributed by atoms with E-state index < -0.39 is 57.2 Å². The van der Waals surface area contributed by atoms with Gasteiger partial charge in [0.2, 0.25) is 5.91 Å². The van der Waals surface area contributed by atoms with Crippen LogP contribution in [0.5, 0.6) is 0 Å². The lowest BCUT2D eigenvalue weighted by Crippen LogP contribution is -2.52. The Kier molecular flexibility index (Phi) is 6.75. The Morgan fingerprint density at radius 2 is 2.12 bits per heavy atom. The quantitative estimate of drug-likeness (QED) is 0.664. The number of rotatable bonds is 6. The molecular weight excluding hydrogens is 449 g/mol. The molecule has 12 heteroatoms. The number of hydrogen-bond donors (Lipinski definition) is 2. The Hall–Kier alpha value is -2.73. The van der Waals surface area contributed by atoms with Gasteiger partial charge in [-0.15, -0.1) is 0 Å². The number of H-pyrrole nitrogens is 1. The van der Waals surface area contributed by atoms with Gasteiger partial charge >= 0.3 is 0 Å². The molecule has 32 heavy (non-hydrogen) atoms. The number of anilines is 1. The van der Waals surface area contributed by atoms with Crippen LogP contribution in [-0.4, -0.2) is 60.5 Å². The third kappa shape index (κ3) is 5.74. The molecule has 0 aromatic carbocycles. The zero-order valence-corrected chi connectivity index (χ0v) is 18.3. The summed E-state index contributed by atoms with van der Waals surface area (Å²) in [6.07, 6.45) is 2.53. The minimum Gasteiger partial charge on any atom is -0.329 e. The van der Waals surface area contributed by atoms with Crippen molar-refractivity contribution in [2.45, 2.75) is 37.0 Å². The average molecular weight is 472 g/mol. The SMILES string of the molecule is CC(C(=O)Nc1ccc(F)cn1)N1CCC(F)(F)C(c2c[nH]c(=O)c(CS(C)(=O)=O)c2)C1. The van der Waals surface area contributed by atoms with Gasteiger partial charge in [0.1, 0.15) is 11.6 Å². The van der Waals surface area contributed by atoms with E-state index >= 15 is 0 Å². The summed E-state index contributed by atoms with van der Waals surface area (Å²) in [6.45, 7) is 1.32. The van der Waals surface area contributed by atoms with E-state index in [1.54, 1.807) is 11.8 Å². The Labute approximate surface area is 182 Å². The smallest absolute Gasteiger partial charge is 0.257 e. The van der Waals surface area contributed by atoms with Gasteiger partial charge in [0.25, 0.3) is 11.5 Å². The molecule has 1 fully saturated rings. The number of aromatic nitrogens is 2. The topological polar surface area (TPSA) is 112 Å². The molecule has 0 aliphatic carbocycles. The van der Waals surface area contributed by atoms with Gasteiger partial charge in [-0.25, -0.2) is 26.6 Å². The predicted octanol–water partition coefficient (Wildman–Crippen LogP) is 1.91. The molecule has 8 nitrogen and oxygen atoms in total. The van der Waals surface area contributed by atoms with E-state index in [2.05, 4.69) is 15.3 Å². The van der Waals surface area contributed by atoms with Crippen molar-refractivity contribution in [3.05, 3.63) is 57.9 Å². The van der Waals surface area contributed by atoms with Crippen LogP contribution in [0.15, 0.2) is 35.4 Å². The Balaban J connectivity index is 1.80. The second kappa shape index (κ2) is 9.02. The highest BCUT2D eigenvalue weighted by molar-refractivity contribution is 7.89. The lowest BCUT2D eigenvalue weighted by atomic mass is 9.86. The molecule has 0 spiro atoms. The lowest BCUT2D eigenvalue weighted by Gasteiger charge is -2.40. The first-order valence-corrected chi connectivity index (χ1v) is 11.9. The van der Waals surface area contributed by atoms with Gasteiger partial charge in [0.05, 0.1) is 23.9 Å². The third-order valence-corrected chi connectivity index (χ3v) is 6.22. The molecule has 2 aromatic rings. The number of halogens is 3. The van der Waals surface area contributed by atoms with Crippen LogP contribution in [0.25, 0.3) is 0 Å². The van der Waals surface area contributed by atoms with Crippen molar-refractivity contribution < 1.29 is 26.4 Å². The van der Waals surface area contributed by atoms with Gasteiger partial charge in [-0.3, -0.25) is 14.5 Å². The van der Waals surface area contributed by atoms with Gasteiger partial charge < -0.3 is 10.3 Å². The zero-order valence-electron chi connectivity index (χ0n) is 17.4. The maximum Gasteiger partial charge on any atom is 0.257 e. The first-order valence-electron chi connectivity index (χ1n) is 9.79. The van der Waals surface area contributed by atoms with Crippen LogP contribution in [0.4, 0.5) is 19.0 Å². The molecule has 2 aromatic heterocycles. The fourth-order valence-electron chi connectivity index (χ4n) is 3.61. The maximum absolute atomic E-state index is 14.8. The number of carbonyl (C=O) groups is 1. The largest absolute Gasteiger partial charge is 0.329 e. The van der Waals surface area contributed by atoms with Crippen molar-refractivity contribution in [2.24, 2.45) is 0 Å². The Bertz CT molecular complexity index is 1150. The standard InChI is InChI=1S/C20H23F3N4O4S/c1-12(18(28)26-17-4-3-15(21)9-24-17)27-6-5-20(22,23)16(10-27)13-7-14(11-32(2,30)31)19(29)25-8-13/h3-4,7-9,12,16H,5-6,10-11H2,1-2H3,(H,25,29)(H,24,26,28). The van der Waals surface area contributed by atoms with Gasteiger partial charge in [-0.1, -0.05) is 0 Å². The number of likely N-dealkylation sites (tertiary alicyclic amines) is 1. The number of amides is 1. The molecular formula is C20H23F3N4O4S. The molecule has 2 unspecified atom stereocenters. The second-order valence-corrected chi connectivity index (χ2v) is 10.1. The number of hydrogen-bond acceptors (Lipinski definition) is 6. The van der Waals surface area contributed by atoms with Crippen molar-refractivity contribution in [1.29, 1.82) is 0 Å². The number of nitrogens with zero attached hydrogens (tertiary/aromatic N) is 2. The number of piperidine rings is 1. The summed E-state index contributed by atoms with van der Waals surface area (Å²) in [5.41, 5.74) is -0.688. The summed E-state index contributed by atoms with van der Waals surface area (Å²) < 4.78 is 65.7. The van der Waals surface area contributed by atoms with Crippen LogP contribution in [-0.2, 0) is 20.4 Å². The predicted molar refractivity (Wildman–Crippen MR) is 112 cm³/mol. The van der Waals surface area contributed by atoms with Crippen molar-refractivity contribution >= 4 is 21.6 Å². The highest BCUT2D eigenvalue weighted by Crippen LogP contribution is 2.40. The second-order valence-electron chi connectivity index (χ2n) is 7.94. The number of alkyl halides is 2. The average Bonchev–Trinajstić information content (AvgIpc) is 2.70. The van der Waals surface area contributed by atoms with E-state index in [9.17, 15) is 31.2 Å². The van der Waals surface area contributed by atoms with E-state index in [-0.39, 0.29) is 30.0 Å². The number of nitrogens with one attached hydrogen (secondary N) is 2. The van der Waals surface area contributed by atoms with Gasteiger partial charge in [0.15, 0.2) is 9.84 Å². The lowest BCUT2D eigenvalue weighted by molar-refractivity contribution is -0.125. The third-order valence-electron chi connectivity index (χ3n) is 5.39. The molecule has 1 saturated heterocycles. The van der Waals surface area contributed by atoms with E-state index in [4.69, 9.17) is 0 Å². The molecule has 3 heterocycles. The monoisotopic (exact) mass is 472 g/mol. The fraction of sp³-hybridized carbons (Fsp3) is 0.450. The van der Waals surface area contributed by atoms with E-state index in [0.717, 1.165) is 24.7 Å². The highest BCUT2D eigenvalue weighted by atomic mass is 32.2. The fourth-order valence-corrected chi connectivity index (χ4v) is 4.39. The van der Waals surface area contributed by atoms with Crippen molar-refractivity contribution in [1.82, 2.24) is 14.9 Å². The van der Waals surface area contributed by atoms with E-state index in [1.165, 1.54) is 12.1 Å². The highest BCUT2D eigenvalue weighted by Gasteiger charge is 2.46. The number of carbonyl (C=O) groups excluding carboxylic acids is 1. The van der Waals surface area contributed by atoms with Crippen LogP contribution in [0.2, 0.25) is 0 Å². The first-order chi connectivity index (χ1) is 14.9. The minimum atomic E-state index is -3.54. The molecule has 0 saturated carbocycles. The van der Waals surface area contributed by atoms with Crippen LogP contribution in [0, 0.1) is 5.82 Å². The minimum absolute atomic E-state index is 0.0471. The van der Waals surface area contributed by atoms with Crippen molar-refractivity contribution in [3.8, 4) is 0 Å². The molecule has 3 rings (SSSR count). The molecule has 1 aliphatic rings. The molecule has 1 aliphatic heterocycles. The normalized spacial score (nSPS) is 20.0. The summed E-state index contributed by atoms with van der Waals surface area (Å²) in [6, 6.07) is 2.82. The molecule has 0 radical (unpaired) electrons. The van der Waals surface area contributed by atoms with Gasteiger partial charge in [-0.2, -0.15) is 0 Å². The molecule has 0 bridgehead atoms. The summed E-state index contributed by atoms with van der Waals surface area (Å²) in [4.78, 5) is 32.2. The van der Waals surface area contributed by atoms with E-state index in [0.29, 0.717) is 0 Å². The molecule has 2 N–H and O–H groups in total. The Morgan fingerprint density at radius 1 is 1.41 bits per heavy atom. The first kappa shape index (κ1) is 23.9. The van der Waals surface area contributed by atoms with Crippen LogP contribution < -0.4 is 10.9 Å². The molecule has 1 amide bonds. The number of aromatic amines is 1. The Morgan fingerprint density at radius 3 is 2.75 bits per heavy atom. The zero-order chi connectivity index (χ0) is 23.7. The summed E-state index contributed by atoms with van der Waals surface area (Å²) in [5.74, 6) is -5.97. The van der Waals surface area contributed by atoms with Crippen LogP contribution in [0.3, 0.4) is 0 Å². The molecule has 174 valence electrons. The van der Waals surface area contributed by atoms with Gasteiger partial charge in [0, 0.05) is 37.5 Å². The summed E-state index contributed by atoms with van der Waals surface area (Å²) in [7, 11) is -3.54. The van der Waals surface area contributed by atoms with Gasteiger partial charge in [-0.05, 0) is 30.7 Å². The van der Waals surface area contributed by atoms with Crippen LogP contribution in [0.1, 0.15) is 30.4 Å². The number of pyridine rings is 2. The summed E-state index contributed by atoms with van der Waals surface area (Å²) >= 11 is 0. The van der Waals surface area contributed by atoms with Crippen molar-refractivity contribution in [3.63, 3.8) is 0 Å². The maximum atomic E-state index is 14.8. The van der Waals surface area contributed by atoms with E-state index in [1.807, 2.05) is 0 Å². The number of sulfone groups is 1. The van der Waals surface area contributed by atoms with Crippen LogP contribution >= 0.6 is 0 Å². The van der Waals surface area contributed by atoms with Crippen molar-refractivity contribution in [2.75, 3.05) is 24.7 Å². The summed E-state index contributed by atoms with van der Waals surface area (Å²) in [5, 5.41) is 2.52.